The first-order valence-electron chi connectivity index (χ1n) is 14.2. The summed E-state index contributed by atoms with van der Waals surface area (Å²) in [5.74, 6) is 0.817. The van der Waals surface area contributed by atoms with Crippen LogP contribution in [0.5, 0.6) is 0 Å². The lowest BCUT2D eigenvalue weighted by Gasteiger charge is -2.41. The monoisotopic (exact) mass is 630 g/mol. The average molecular weight is 631 g/mol. The highest BCUT2D eigenvalue weighted by molar-refractivity contribution is 7.10. The van der Waals surface area contributed by atoms with Gasteiger partial charge < -0.3 is 0 Å². The fourth-order valence-electron chi connectivity index (χ4n) is 5.73. The van der Waals surface area contributed by atoms with Gasteiger partial charge in [-0.3, -0.25) is 9.80 Å². The minimum Gasteiger partial charge on any atom is -0.287 e. The van der Waals surface area contributed by atoms with Gasteiger partial charge in [0.1, 0.15) is 11.6 Å². The van der Waals surface area contributed by atoms with Crippen LogP contribution in [0.15, 0.2) is 83.6 Å². The molecule has 6 aromatic rings. The summed E-state index contributed by atoms with van der Waals surface area (Å²) in [4.78, 5) is 6.94. The molecule has 224 valence electrons. The molecule has 7 rings (SSSR count). The van der Waals surface area contributed by atoms with Crippen molar-refractivity contribution in [1.29, 1.82) is 0 Å². The summed E-state index contributed by atoms with van der Waals surface area (Å²) in [5.41, 5.74) is 1.83. The summed E-state index contributed by atoms with van der Waals surface area (Å²) in [6.07, 6.45) is 0. The lowest BCUT2D eigenvalue weighted by molar-refractivity contribution is 0.0825. The molecule has 14 heteroatoms. The number of hydrogen-bond donors (Lipinski definition) is 0. The molecular formula is C30H28F2N10S2. The zero-order valence-electron chi connectivity index (χ0n) is 23.5. The number of nitrogens with zero attached hydrogens (tertiary/aromatic N) is 10. The Morgan fingerprint density at radius 1 is 0.591 bits per heavy atom. The van der Waals surface area contributed by atoms with Crippen molar-refractivity contribution in [3.05, 3.63) is 128 Å². The summed E-state index contributed by atoms with van der Waals surface area (Å²) in [7, 11) is 0. The van der Waals surface area contributed by atoms with Crippen molar-refractivity contribution in [2.75, 3.05) is 26.2 Å². The van der Waals surface area contributed by atoms with Gasteiger partial charge in [-0.2, -0.15) is 0 Å². The van der Waals surface area contributed by atoms with Gasteiger partial charge in [0.2, 0.25) is 0 Å². The molecule has 44 heavy (non-hydrogen) atoms. The number of thiophene rings is 2. The van der Waals surface area contributed by atoms with Crippen LogP contribution in [0.25, 0.3) is 0 Å². The van der Waals surface area contributed by atoms with E-state index in [0.29, 0.717) is 50.9 Å². The van der Waals surface area contributed by atoms with Gasteiger partial charge in [0, 0.05) is 35.9 Å². The van der Waals surface area contributed by atoms with Crippen LogP contribution in [-0.2, 0) is 13.1 Å². The zero-order chi connectivity index (χ0) is 29.9. The summed E-state index contributed by atoms with van der Waals surface area (Å²) in [5, 5.41) is 29.7. The molecule has 2 atom stereocenters. The largest absolute Gasteiger partial charge is 0.287 e. The number of benzene rings is 2. The van der Waals surface area contributed by atoms with E-state index < -0.39 is 0 Å². The Labute approximate surface area is 260 Å². The van der Waals surface area contributed by atoms with Crippen molar-refractivity contribution in [3.63, 3.8) is 0 Å². The minimum atomic E-state index is -0.294. The number of aromatic nitrogens is 8. The van der Waals surface area contributed by atoms with Gasteiger partial charge in [-0.1, -0.05) is 36.4 Å². The van der Waals surface area contributed by atoms with Gasteiger partial charge in [0.05, 0.1) is 25.2 Å². The lowest BCUT2D eigenvalue weighted by Crippen LogP contribution is -2.50. The normalized spacial score (nSPS) is 15.9. The number of rotatable bonds is 10. The zero-order valence-corrected chi connectivity index (χ0v) is 25.2. The van der Waals surface area contributed by atoms with Crippen LogP contribution < -0.4 is 0 Å². The summed E-state index contributed by atoms with van der Waals surface area (Å²) in [6.45, 7) is 3.82. The van der Waals surface area contributed by atoms with E-state index in [1.807, 2.05) is 32.3 Å². The van der Waals surface area contributed by atoms with E-state index in [4.69, 9.17) is 0 Å². The molecule has 1 aliphatic rings. The molecule has 1 saturated heterocycles. The first kappa shape index (κ1) is 28.5. The van der Waals surface area contributed by atoms with Crippen molar-refractivity contribution in [2.45, 2.75) is 25.2 Å². The first-order valence-corrected chi connectivity index (χ1v) is 15.9. The molecule has 4 aromatic heterocycles. The molecule has 0 spiro atoms. The fourth-order valence-corrected chi connectivity index (χ4v) is 7.10. The van der Waals surface area contributed by atoms with E-state index in [0.717, 1.165) is 20.9 Å². The van der Waals surface area contributed by atoms with Crippen LogP contribution in [0.4, 0.5) is 8.78 Å². The van der Waals surface area contributed by atoms with Crippen LogP contribution in [-0.4, -0.2) is 76.4 Å². The van der Waals surface area contributed by atoms with E-state index >= 15 is 0 Å². The molecule has 10 nitrogen and oxygen atoms in total. The molecule has 0 bridgehead atoms. The summed E-state index contributed by atoms with van der Waals surface area (Å²) < 4.78 is 31.6. The molecule has 2 aromatic carbocycles. The Hall–Kier alpha value is -4.24. The van der Waals surface area contributed by atoms with E-state index in [1.165, 1.54) is 24.3 Å². The molecule has 1 aliphatic heterocycles. The van der Waals surface area contributed by atoms with Crippen LogP contribution >= 0.6 is 22.7 Å². The van der Waals surface area contributed by atoms with E-state index in [1.54, 1.807) is 46.9 Å². The van der Waals surface area contributed by atoms with Crippen molar-refractivity contribution in [2.24, 2.45) is 0 Å². The van der Waals surface area contributed by atoms with Gasteiger partial charge in [-0.05, 0) is 79.1 Å². The Kier molecular flexibility index (Phi) is 8.29. The van der Waals surface area contributed by atoms with E-state index in [9.17, 15) is 8.78 Å². The Morgan fingerprint density at radius 2 is 1.00 bits per heavy atom. The van der Waals surface area contributed by atoms with Crippen LogP contribution in [0, 0.1) is 11.6 Å². The van der Waals surface area contributed by atoms with E-state index in [2.05, 4.69) is 53.0 Å². The molecule has 0 N–H and O–H groups in total. The van der Waals surface area contributed by atoms with Crippen LogP contribution in [0.3, 0.4) is 0 Å². The highest BCUT2D eigenvalue weighted by Crippen LogP contribution is 2.33. The maximum atomic E-state index is 14.0. The highest BCUT2D eigenvalue weighted by Gasteiger charge is 2.35. The Morgan fingerprint density at radius 3 is 1.36 bits per heavy atom. The third kappa shape index (κ3) is 6.06. The minimum absolute atomic E-state index is 0.277. The molecule has 1 fully saturated rings. The molecule has 5 heterocycles. The molecule has 0 unspecified atom stereocenters. The second-order valence-electron chi connectivity index (χ2n) is 10.5. The molecular weight excluding hydrogens is 603 g/mol. The Balaban J connectivity index is 1.18. The molecule has 0 radical (unpaired) electrons. The highest BCUT2D eigenvalue weighted by atomic mass is 32.1. The predicted octanol–water partition coefficient (Wildman–Crippen LogP) is 4.65. The average Bonchev–Trinajstić information content (AvgIpc) is 3.88. The maximum Gasteiger partial charge on any atom is 0.173 e. The second kappa shape index (κ2) is 12.8. The third-order valence-corrected chi connectivity index (χ3v) is 9.55. The molecule has 0 saturated carbocycles. The van der Waals surface area contributed by atoms with Crippen molar-refractivity contribution in [3.8, 4) is 0 Å². The number of tetrazole rings is 2. The van der Waals surface area contributed by atoms with Gasteiger partial charge in [0.25, 0.3) is 0 Å². The maximum absolute atomic E-state index is 14.0. The van der Waals surface area contributed by atoms with Gasteiger partial charge in [0.15, 0.2) is 11.6 Å². The Bertz CT molecular complexity index is 1630. The first-order chi connectivity index (χ1) is 21.6. The quantitative estimate of drug-likeness (QED) is 0.216. The summed E-state index contributed by atoms with van der Waals surface area (Å²) >= 11 is 3.30. The number of hydrogen-bond acceptors (Lipinski definition) is 10. The standard InChI is InChI=1S/C30H28F2N10S2/c31-23-9-5-21(6-10-23)27(29-33-35-37-41(29)19-25-3-1-17-43-25)39-13-15-40(16-14-39)28(22-7-11-24(32)12-8-22)30-34-36-38-42(30)20-26-4-2-18-44-26/h1-12,17-18,27-28H,13-16,19-20H2/t27-,28-/m0/s1. The second-order valence-corrected chi connectivity index (χ2v) is 12.6. The van der Waals surface area contributed by atoms with Crippen molar-refractivity contribution >= 4 is 22.7 Å². The molecule has 0 amide bonds. The van der Waals surface area contributed by atoms with Gasteiger partial charge >= 0.3 is 0 Å². The van der Waals surface area contributed by atoms with Gasteiger partial charge in [-0.25, -0.2) is 18.1 Å². The topological polar surface area (TPSA) is 93.7 Å². The van der Waals surface area contributed by atoms with Crippen molar-refractivity contribution in [1.82, 2.24) is 50.2 Å². The van der Waals surface area contributed by atoms with Crippen molar-refractivity contribution < 1.29 is 8.78 Å². The lowest BCUT2D eigenvalue weighted by atomic mass is 10.0. The van der Waals surface area contributed by atoms with Crippen LogP contribution in [0.2, 0.25) is 0 Å². The number of halogens is 2. The van der Waals surface area contributed by atoms with Gasteiger partial charge in [-0.15, -0.1) is 32.9 Å². The summed E-state index contributed by atoms with van der Waals surface area (Å²) in [6, 6.07) is 20.7. The fraction of sp³-hybridized carbons (Fsp3) is 0.267. The predicted molar refractivity (Wildman–Crippen MR) is 162 cm³/mol. The third-order valence-electron chi connectivity index (χ3n) is 7.83. The number of piperazine rings is 1. The van der Waals surface area contributed by atoms with E-state index in [-0.39, 0.29) is 23.7 Å². The SMILES string of the molecule is Fc1ccc([C@@H](c2nnnn2Cc2cccs2)N2CCN([C@@H](c3ccc(F)cc3)c3nnnn3Cc3cccs3)CC2)cc1. The molecule has 0 aliphatic carbocycles. The van der Waals surface area contributed by atoms with Crippen LogP contribution in [0.1, 0.15) is 44.6 Å². The smallest absolute Gasteiger partial charge is 0.173 e.